The second-order valence-corrected chi connectivity index (χ2v) is 7.58. The second kappa shape index (κ2) is 8.12. The Labute approximate surface area is 171 Å². The minimum Gasteiger partial charge on any atom is -0.497 e. The summed E-state index contributed by atoms with van der Waals surface area (Å²) < 4.78 is 21.1. The van der Waals surface area contributed by atoms with Crippen molar-refractivity contribution in [3.63, 3.8) is 0 Å². The fourth-order valence-electron chi connectivity index (χ4n) is 3.16. The molecule has 0 bridgehead atoms. The number of aryl methyl sites for hydroxylation is 1. The van der Waals surface area contributed by atoms with Crippen LogP contribution in [0.3, 0.4) is 0 Å². The van der Waals surface area contributed by atoms with Crippen LogP contribution in [0, 0.1) is 5.82 Å². The number of anilines is 1. The lowest BCUT2D eigenvalue weighted by Crippen LogP contribution is -2.41. The highest BCUT2D eigenvalue weighted by molar-refractivity contribution is 8.00. The van der Waals surface area contributed by atoms with Crippen molar-refractivity contribution in [2.75, 3.05) is 17.9 Å². The monoisotopic (exact) mass is 413 g/mol. The van der Waals surface area contributed by atoms with Crippen LogP contribution in [0.15, 0.2) is 53.7 Å². The molecule has 1 amide bonds. The van der Waals surface area contributed by atoms with E-state index in [1.807, 2.05) is 35.9 Å². The Morgan fingerprint density at radius 2 is 2.00 bits per heavy atom. The number of halogens is 1. The van der Waals surface area contributed by atoms with Gasteiger partial charge in [0.1, 0.15) is 16.8 Å². The second-order valence-electron chi connectivity index (χ2n) is 6.48. The van der Waals surface area contributed by atoms with E-state index in [0.717, 1.165) is 17.1 Å². The number of hydrogen-bond donors (Lipinski definition) is 2. The van der Waals surface area contributed by atoms with Crippen molar-refractivity contribution in [3.8, 4) is 5.75 Å². The van der Waals surface area contributed by atoms with E-state index in [-0.39, 0.29) is 17.6 Å². The highest BCUT2D eigenvalue weighted by Crippen LogP contribution is 2.38. The summed E-state index contributed by atoms with van der Waals surface area (Å²) in [5.41, 5.74) is 4.40. The average Bonchev–Trinajstić information content (AvgIpc) is 3.16. The van der Waals surface area contributed by atoms with Gasteiger partial charge in [0.15, 0.2) is 5.82 Å². The third-order valence-corrected chi connectivity index (χ3v) is 5.90. The molecule has 0 fully saturated rings. The highest BCUT2D eigenvalue weighted by atomic mass is 32.2. The number of methoxy groups -OCH3 is 1. The molecule has 2 N–H and O–H groups in total. The molecule has 1 aliphatic heterocycles. The lowest BCUT2D eigenvalue weighted by atomic mass is 10.0. The maximum absolute atomic E-state index is 14.0. The van der Waals surface area contributed by atoms with Crippen LogP contribution in [0.5, 0.6) is 5.75 Å². The number of aromatic nitrogens is 3. The molecule has 0 spiro atoms. The van der Waals surface area contributed by atoms with Crippen LogP contribution in [0.1, 0.15) is 24.4 Å². The Morgan fingerprint density at radius 3 is 2.69 bits per heavy atom. The Morgan fingerprint density at radius 1 is 1.24 bits per heavy atom. The molecule has 7 nitrogen and oxygen atoms in total. The number of amides is 1. The van der Waals surface area contributed by atoms with Crippen molar-refractivity contribution in [2.45, 2.75) is 29.8 Å². The fourth-order valence-corrected chi connectivity index (χ4v) is 4.25. The number of nitrogens with zero attached hydrogens (tertiary/aromatic N) is 3. The number of benzene rings is 2. The Bertz CT molecular complexity index is 1020. The first-order valence-electron chi connectivity index (χ1n) is 9.17. The summed E-state index contributed by atoms with van der Waals surface area (Å²) in [6, 6.07) is 13.2. The zero-order chi connectivity index (χ0) is 20.4. The first-order chi connectivity index (χ1) is 14.1. The molecule has 1 aromatic heterocycles. The van der Waals surface area contributed by atoms with Crippen molar-refractivity contribution >= 4 is 23.4 Å². The third kappa shape index (κ3) is 3.77. The minimum absolute atomic E-state index is 0.146. The van der Waals surface area contributed by atoms with Crippen molar-refractivity contribution in [3.05, 3.63) is 65.7 Å². The number of thioether (sulfide) groups is 1. The summed E-state index contributed by atoms with van der Waals surface area (Å²) in [6.07, 6.45) is 0.696. The van der Waals surface area contributed by atoms with Crippen LogP contribution in [0.25, 0.3) is 0 Å². The van der Waals surface area contributed by atoms with Crippen molar-refractivity contribution < 1.29 is 13.9 Å². The molecular weight excluding hydrogens is 393 g/mol. The van der Waals surface area contributed by atoms with Gasteiger partial charge in [-0.2, -0.15) is 0 Å². The van der Waals surface area contributed by atoms with Gasteiger partial charge in [0, 0.05) is 6.42 Å². The molecule has 3 aromatic rings. The van der Waals surface area contributed by atoms with Crippen molar-refractivity contribution in [1.29, 1.82) is 0 Å². The maximum atomic E-state index is 14.0. The number of para-hydroxylation sites is 1. The topological polar surface area (TPSA) is 81.1 Å². The molecule has 1 aliphatic rings. The van der Waals surface area contributed by atoms with E-state index in [4.69, 9.17) is 4.74 Å². The number of fused-ring (bicyclic) bond motifs is 1. The predicted octanol–water partition coefficient (Wildman–Crippen LogP) is 3.39. The molecule has 2 atom stereocenters. The van der Waals surface area contributed by atoms with Gasteiger partial charge in [-0.1, -0.05) is 43.0 Å². The molecule has 150 valence electrons. The maximum Gasteiger partial charge on any atom is 0.240 e. The molecule has 4 rings (SSSR count). The van der Waals surface area contributed by atoms with Crippen LogP contribution in [0.4, 0.5) is 10.1 Å². The van der Waals surface area contributed by atoms with Gasteiger partial charge in [-0.3, -0.25) is 4.79 Å². The van der Waals surface area contributed by atoms with E-state index < -0.39 is 11.1 Å². The zero-order valence-corrected chi connectivity index (χ0v) is 16.7. The van der Waals surface area contributed by atoms with E-state index in [0.29, 0.717) is 11.6 Å². The first-order valence-corrected chi connectivity index (χ1v) is 10.1. The van der Waals surface area contributed by atoms with E-state index in [1.165, 1.54) is 23.9 Å². The van der Waals surface area contributed by atoms with Gasteiger partial charge in [-0.05, 0) is 29.8 Å². The van der Waals surface area contributed by atoms with Gasteiger partial charge in [0.25, 0.3) is 0 Å². The van der Waals surface area contributed by atoms with Crippen LogP contribution in [0.2, 0.25) is 0 Å². The fraction of sp³-hybridized carbons (Fsp3) is 0.250. The molecule has 2 heterocycles. The lowest BCUT2D eigenvalue weighted by Gasteiger charge is -2.33. The van der Waals surface area contributed by atoms with E-state index in [1.54, 1.807) is 19.2 Å². The molecule has 0 radical (unpaired) electrons. The number of carbonyl (C=O) groups is 1. The van der Waals surface area contributed by atoms with Gasteiger partial charge < -0.3 is 15.5 Å². The number of hydrogen-bond acceptors (Lipinski definition) is 6. The van der Waals surface area contributed by atoms with Crippen molar-refractivity contribution in [1.82, 2.24) is 14.9 Å². The SMILES string of the molecule is CCc1nnc2n1N[C@H](c1ccc(OC)cc1)[C@@H](C(=O)Nc1ccccc1F)S2. The standard InChI is InChI=1S/C20H20FN5O2S/c1-3-16-23-24-20-26(16)25-17(12-8-10-13(28-2)11-9-12)18(29-20)19(27)22-15-7-5-4-6-14(15)21/h4-11,17-18,25H,3H2,1-2H3,(H,22,27)/t17-,18+/m1/s1. The van der Waals surface area contributed by atoms with E-state index >= 15 is 0 Å². The predicted molar refractivity (Wildman–Crippen MR) is 109 cm³/mol. The summed E-state index contributed by atoms with van der Waals surface area (Å²) in [7, 11) is 1.60. The molecule has 0 saturated heterocycles. The van der Waals surface area contributed by atoms with Crippen LogP contribution in [-0.4, -0.2) is 33.1 Å². The number of nitrogens with one attached hydrogen (secondary N) is 2. The summed E-state index contributed by atoms with van der Waals surface area (Å²) in [5, 5.41) is 11.1. The lowest BCUT2D eigenvalue weighted by molar-refractivity contribution is -0.116. The van der Waals surface area contributed by atoms with Gasteiger partial charge in [0.2, 0.25) is 11.1 Å². The molecule has 29 heavy (non-hydrogen) atoms. The third-order valence-electron chi connectivity index (χ3n) is 4.68. The summed E-state index contributed by atoms with van der Waals surface area (Å²) in [5.74, 6) is 0.704. The number of rotatable bonds is 5. The highest BCUT2D eigenvalue weighted by Gasteiger charge is 2.37. The zero-order valence-electron chi connectivity index (χ0n) is 15.9. The average molecular weight is 413 g/mol. The quantitative estimate of drug-likeness (QED) is 0.667. The van der Waals surface area contributed by atoms with E-state index in [9.17, 15) is 9.18 Å². The smallest absolute Gasteiger partial charge is 0.240 e. The van der Waals surface area contributed by atoms with E-state index in [2.05, 4.69) is 20.9 Å². The Balaban J connectivity index is 1.68. The molecule has 0 saturated carbocycles. The van der Waals surface area contributed by atoms with Gasteiger partial charge in [-0.25, -0.2) is 9.07 Å². The van der Waals surface area contributed by atoms with Gasteiger partial charge in [-0.15, -0.1) is 10.2 Å². The molecule has 2 aromatic carbocycles. The largest absolute Gasteiger partial charge is 0.497 e. The minimum atomic E-state index is -0.579. The van der Waals surface area contributed by atoms with Crippen LogP contribution < -0.4 is 15.5 Å². The van der Waals surface area contributed by atoms with Gasteiger partial charge >= 0.3 is 0 Å². The van der Waals surface area contributed by atoms with Crippen LogP contribution >= 0.6 is 11.8 Å². The Kier molecular flexibility index (Phi) is 5.39. The Hall–Kier alpha value is -3.07. The summed E-state index contributed by atoms with van der Waals surface area (Å²) in [4.78, 5) is 13.1. The molecule has 0 unspecified atom stereocenters. The first kappa shape index (κ1) is 19.3. The van der Waals surface area contributed by atoms with Gasteiger partial charge in [0.05, 0.1) is 18.8 Å². The summed E-state index contributed by atoms with van der Waals surface area (Å²) in [6.45, 7) is 1.99. The number of carbonyl (C=O) groups excluding carboxylic acids is 1. The molecule has 0 aliphatic carbocycles. The molecular formula is C20H20FN5O2S. The van der Waals surface area contributed by atoms with Crippen LogP contribution in [-0.2, 0) is 11.2 Å². The number of ether oxygens (including phenoxy) is 1. The van der Waals surface area contributed by atoms with Crippen molar-refractivity contribution in [2.24, 2.45) is 0 Å². The molecule has 9 heteroatoms. The normalized spacial score (nSPS) is 17.9. The summed E-state index contributed by atoms with van der Waals surface area (Å²) >= 11 is 1.30.